The number of pyridine rings is 1. The van der Waals surface area contributed by atoms with Crippen molar-refractivity contribution in [1.29, 1.82) is 0 Å². The van der Waals surface area contributed by atoms with Crippen LogP contribution < -0.4 is 5.32 Å². The minimum Gasteiger partial charge on any atom is -0.478 e. The Labute approximate surface area is 104 Å². The molecule has 17 heavy (non-hydrogen) atoms. The standard InChI is InChI=1S/C11H15ClN2O3/c1-2-3-7(15)5-13-10-4-8(11(16)17)9(12)6-14-10/h4,6-7,15H,2-3,5H2,1H3,(H,13,14)(H,16,17). The first-order valence-electron chi connectivity index (χ1n) is 5.35. The van der Waals surface area contributed by atoms with E-state index in [0.717, 1.165) is 6.42 Å². The van der Waals surface area contributed by atoms with Gasteiger partial charge in [-0.05, 0) is 12.5 Å². The van der Waals surface area contributed by atoms with Crippen molar-refractivity contribution in [3.8, 4) is 0 Å². The van der Waals surface area contributed by atoms with E-state index in [1.54, 1.807) is 0 Å². The van der Waals surface area contributed by atoms with Crippen LogP contribution >= 0.6 is 11.6 Å². The van der Waals surface area contributed by atoms with Crippen molar-refractivity contribution >= 4 is 23.4 Å². The Morgan fingerprint density at radius 3 is 2.94 bits per heavy atom. The van der Waals surface area contributed by atoms with Gasteiger partial charge in [0.25, 0.3) is 0 Å². The molecule has 6 heteroatoms. The van der Waals surface area contributed by atoms with Crippen molar-refractivity contribution in [2.75, 3.05) is 11.9 Å². The molecule has 1 atom stereocenters. The monoisotopic (exact) mass is 258 g/mol. The molecular formula is C11H15ClN2O3. The van der Waals surface area contributed by atoms with E-state index in [9.17, 15) is 9.90 Å². The Morgan fingerprint density at radius 1 is 1.65 bits per heavy atom. The van der Waals surface area contributed by atoms with E-state index >= 15 is 0 Å². The molecule has 0 saturated heterocycles. The van der Waals surface area contributed by atoms with Gasteiger partial charge in [0.15, 0.2) is 0 Å². The van der Waals surface area contributed by atoms with Crippen molar-refractivity contribution in [3.05, 3.63) is 22.8 Å². The fraction of sp³-hybridized carbons (Fsp3) is 0.455. The van der Waals surface area contributed by atoms with Crippen molar-refractivity contribution < 1.29 is 15.0 Å². The van der Waals surface area contributed by atoms with Gasteiger partial charge in [0.1, 0.15) is 5.82 Å². The van der Waals surface area contributed by atoms with Gasteiger partial charge in [-0.15, -0.1) is 0 Å². The van der Waals surface area contributed by atoms with Gasteiger partial charge in [-0.3, -0.25) is 0 Å². The van der Waals surface area contributed by atoms with Gasteiger partial charge < -0.3 is 15.5 Å². The summed E-state index contributed by atoms with van der Waals surface area (Å²) < 4.78 is 0. The molecule has 0 bridgehead atoms. The van der Waals surface area contributed by atoms with Crippen molar-refractivity contribution in [1.82, 2.24) is 4.98 Å². The van der Waals surface area contributed by atoms with Gasteiger partial charge in [-0.2, -0.15) is 0 Å². The third-order valence-corrected chi connectivity index (χ3v) is 2.53. The summed E-state index contributed by atoms with van der Waals surface area (Å²) in [6.07, 6.45) is 2.38. The number of carboxylic acid groups (broad SMARTS) is 1. The number of hydrogen-bond donors (Lipinski definition) is 3. The third kappa shape index (κ3) is 4.20. The summed E-state index contributed by atoms with van der Waals surface area (Å²) in [6, 6.07) is 1.35. The highest BCUT2D eigenvalue weighted by atomic mass is 35.5. The molecule has 0 saturated carbocycles. The molecular weight excluding hydrogens is 244 g/mol. The largest absolute Gasteiger partial charge is 0.478 e. The first kappa shape index (κ1) is 13.7. The number of aliphatic hydroxyl groups excluding tert-OH is 1. The molecule has 0 radical (unpaired) electrons. The van der Waals surface area contributed by atoms with Crippen molar-refractivity contribution in [2.45, 2.75) is 25.9 Å². The summed E-state index contributed by atoms with van der Waals surface area (Å²) >= 11 is 5.68. The van der Waals surface area contributed by atoms with E-state index in [0.29, 0.717) is 18.8 Å². The zero-order valence-corrected chi connectivity index (χ0v) is 10.2. The van der Waals surface area contributed by atoms with Crippen LogP contribution in [0.3, 0.4) is 0 Å². The predicted octanol–water partition coefficient (Wildman–Crippen LogP) is 2.01. The van der Waals surface area contributed by atoms with E-state index in [-0.39, 0.29) is 10.6 Å². The maximum atomic E-state index is 10.8. The van der Waals surface area contributed by atoms with Gasteiger partial charge in [0.2, 0.25) is 0 Å². The topological polar surface area (TPSA) is 82.5 Å². The van der Waals surface area contributed by atoms with Gasteiger partial charge in [0.05, 0.1) is 16.7 Å². The number of carboxylic acids is 1. The average molecular weight is 259 g/mol. The van der Waals surface area contributed by atoms with E-state index in [4.69, 9.17) is 16.7 Å². The summed E-state index contributed by atoms with van der Waals surface area (Å²) in [6.45, 7) is 2.31. The minimum absolute atomic E-state index is 0.00542. The first-order chi connectivity index (χ1) is 8.04. The summed E-state index contributed by atoms with van der Waals surface area (Å²) in [5, 5.41) is 21.3. The number of rotatable bonds is 6. The molecule has 0 aliphatic heterocycles. The Kier molecular flexibility index (Phi) is 5.18. The van der Waals surface area contributed by atoms with E-state index in [1.165, 1.54) is 12.3 Å². The van der Waals surface area contributed by atoms with Crippen molar-refractivity contribution in [3.63, 3.8) is 0 Å². The second-order valence-corrected chi connectivity index (χ2v) is 4.09. The van der Waals surface area contributed by atoms with Crippen LogP contribution in [0, 0.1) is 0 Å². The van der Waals surface area contributed by atoms with Crippen LogP contribution in [-0.4, -0.2) is 33.8 Å². The zero-order valence-electron chi connectivity index (χ0n) is 9.48. The van der Waals surface area contributed by atoms with Crippen molar-refractivity contribution in [2.24, 2.45) is 0 Å². The highest BCUT2D eigenvalue weighted by Gasteiger charge is 2.11. The lowest BCUT2D eigenvalue weighted by molar-refractivity contribution is 0.0697. The Balaban J connectivity index is 2.66. The second-order valence-electron chi connectivity index (χ2n) is 3.68. The quantitative estimate of drug-likeness (QED) is 0.727. The minimum atomic E-state index is -1.10. The van der Waals surface area contributed by atoms with Crippen LogP contribution in [0.15, 0.2) is 12.3 Å². The smallest absolute Gasteiger partial charge is 0.337 e. The van der Waals surface area contributed by atoms with Gasteiger partial charge in [-0.1, -0.05) is 24.9 Å². The molecule has 94 valence electrons. The molecule has 1 aromatic rings. The molecule has 1 heterocycles. The lowest BCUT2D eigenvalue weighted by Gasteiger charge is -2.11. The summed E-state index contributed by atoms with van der Waals surface area (Å²) in [4.78, 5) is 14.8. The fourth-order valence-corrected chi connectivity index (χ4v) is 1.54. The number of nitrogens with one attached hydrogen (secondary N) is 1. The van der Waals surface area contributed by atoms with Crippen LogP contribution in [0.5, 0.6) is 0 Å². The highest BCUT2D eigenvalue weighted by Crippen LogP contribution is 2.17. The lowest BCUT2D eigenvalue weighted by atomic mass is 10.2. The van der Waals surface area contributed by atoms with Crippen LogP contribution in [0.4, 0.5) is 5.82 Å². The van der Waals surface area contributed by atoms with Crippen LogP contribution in [-0.2, 0) is 0 Å². The first-order valence-corrected chi connectivity index (χ1v) is 5.73. The Hall–Kier alpha value is -1.33. The third-order valence-electron chi connectivity index (χ3n) is 2.23. The highest BCUT2D eigenvalue weighted by molar-refractivity contribution is 6.33. The number of halogens is 1. The molecule has 0 amide bonds. The molecule has 3 N–H and O–H groups in total. The lowest BCUT2D eigenvalue weighted by Crippen LogP contribution is -2.19. The molecule has 1 unspecified atom stereocenters. The number of anilines is 1. The molecule has 1 rings (SSSR count). The molecule has 0 fully saturated rings. The number of nitrogens with zero attached hydrogens (tertiary/aromatic N) is 1. The molecule has 0 aromatic carbocycles. The zero-order chi connectivity index (χ0) is 12.8. The predicted molar refractivity (Wildman–Crippen MR) is 65.6 cm³/mol. The van der Waals surface area contributed by atoms with Crippen LogP contribution in [0.2, 0.25) is 5.02 Å². The molecule has 0 aliphatic rings. The van der Waals surface area contributed by atoms with Crippen LogP contribution in [0.1, 0.15) is 30.1 Å². The van der Waals surface area contributed by atoms with Crippen LogP contribution in [0.25, 0.3) is 0 Å². The Bertz CT molecular complexity index is 398. The number of carbonyl (C=O) groups is 1. The number of aliphatic hydroxyl groups is 1. The number of aromatic nitrogens is 1. The molecule has 1 aromatic heterocycles. The molecule has 0 aliphatic carbocycles. The van der Waals surface area contributed by atoms with Gasteiger partial charge >= 0.3 is 5.97 Å². The number of hydrogen-bond acceptors (Lipinski definition) is 4. The van der Waals surface area contributed by atoms with E-state index in [2.05, 4.69) is 10.3 Å². The van der Waals surface area contributed by atoms with E-state index < -0.39 is 12.1 Å². The normalized spacial score (nSPS) is 12.2. The second kappa shape index (κ2) is 6.42. The molecule has 5 nitrogen and oxygen atoms in total. The number of aromatic carboxylic acids is 1. The average Bonchev–Trinajstić information content (AvgIpc) is 2.28. The van der Waals surface area contributed by atoms with Gasteiger partial charge in [0, 0.05) is 12.7 Å². The summed E-state index contributed by atoms with van der Waals surface area (Å²) in [5.41, 5.74) is -0.00542. The SMILES string of the molecule is CCCC(O)CNc1cc(C(=O)O)c(Cl)cn1. The van der Waals surface area contributed by atoms with Gasteiger partial charge in [-0.25, -0.2) is 9.78 Å². The fourth-order valence-electron chi connectivity index (χ4n) is 1.36. The molecule has 0 spiro atoms. The maximum Gasteiger partial charge on any atom is 0.337 e. The Morgan fingerprint density at radius 2 is 2.35 bits per heavy atom. The van der Waals surface area contributed by atoms with E-state index in [1.807, 2.05) is 6.92 Å². The summed E-state index contributed by atoms with van der Waals surface area (Å²) in [7, 11) is 0. The summed E-state index contributed by atoms with van der Waals surface area (Å²) in [5.74, 6) is -0.712. The maximum absolute atomic E-state index is 10.8.